The molecule has 2 N–H and O–H groups in total. The highest BCUT2D eigenvalue weighted by atomic mass is 32.2. The van der Waals surface area contributed by atoms with E-state index in [1.54, 1.807) is 12.1 Å². The Morgan fingerprint density at radius 1 is 0.886 bits per heavy atom. The number of aryl methyl sites for hydroxylation is 3. The van der Waals surface area contributed by atoms with Crippen LogP contribution in [-0.4, -0.2) is 32.3 Å². The molecule has 0 aliphatic rings. The summed E-state index contributed by atoms with van der Waals surface area (Å²) < 4.78 is 1.84. The normalized spacial score (nSPS) is 10.7. The quantitative estimate of drug-likeness (QED) is 0.343. The Kier molecular flexibility index (Phi) is 7.31. The number of nitrogens with one attached hydrogen (secondary N) is 2. The molecular weight excluding hydrogens is 458 g/mol. The van der Waals surface area contributed by atoms with Crippen LogP contribution in [0.1, 0.15) is 27.0 Å². The number of anilines is 2. The molecule has 2 amide bonds. The fourth-order valence-corrected chi connectivity index (χ4v) is 4.32. The average Bonchev–Trinajstić information content (AvgIpc) is 3.20. The number of hydrogen-bond acceptors (Lipinski definition) is 5. The molecule has 0 radical (unpaired) electrons. The zero-order chi connectivity index (χ0) is 24.9. The van der Waals surface area contributed by atoms with Gasteiger partial charge in [-0.2, -0.15) is 0 Å². The fourth-order valence-electron chi connectivity index (χ4n) is 3.61. The SMILES string of the molecule is Cc1ccc(C(=O)Nc2cccc(-c3nnc(SCC(=O)Nc4ccc(C)cc4C)n3C)c2)cc1. The van der Waals surface area contributed by atoms with E-state index in [0.29, 0.717) is 22.2 Å². The Labute approximate surface area is 209 Å². The van der Waals surface area contributed by atoms with Crippen molar-refractivity contribution in [3.8, 4) is 11.4 Å². The summed E-state index contributed by atoms with van der Waals surface area (Å²) in [4.78, 5) is 25.0. The molecule has 7 nitrogen and oxygen atoms in total. The molecule has 35 heavy (non-hydrogen) atoms. The van der Waals surface area contributed by atoms with Gasteiger partial charge in [-0.1, -0.05) is 59.3 Å². The standard InChI is InChI=1S/C27H27N5O2S/c1-17-8-11-20(12-9-17)26(34)28-22-7-5-6-21(15-22)25-30-31-27(32(25)4)35-16-24(33)29-23-13-10-18(2)14-19(23)3/h5-15H,16H2,1-4H3,(H,28,34)(H,29,33). The lowest BCUT2D eigenvalue weighted by Crippen LogP contribution is -2.15. The van der Waals surface area contributed by atoms with Crippen molar-refractivity contribution < 1.29 is 9.59 Å². The Morgan fingerprint density at radius 2 is 1.63 bits per heavy atom. The summed E-state index contributed by atoms with van der Waals surface area (Å²) >= 11 is 1.32. The van der Waals surface area contributed by atoms with Crippen LogP contribution in [0.2, 0.25) is 0 Å². The average molecular weight is 486 g/mol. The van der Waals surface area contributed by atoms with Crippen molar-refractivity contribution >= 4 is 35.0 Å². The lowest BCUT2D eigenvalue weighted by atomic mass is 10.1. The third-order valence-electron chi connectivity index (χ3n) is 5.52. The predicted molar refractivity (Wildman–Crippen MR) is 141 cm³/mol. The van der Waals surface area contributed by atoms with Gasteiger partial charge in [0.1, 0.15) is 0 Å². The fraction of sp³-hybridized carbons (Fsp3) is 0.185. The number of carbonyl (C=O) groups is 2. The highest BCUT2D eigenvalue weighted by Crippen LogP contribution is 2.25. The zero-order valence-electron chi connectivity index (χ0n) is 20.1. The molecule has 0 unspecified atom stereocenters. The maximum atomic E-state index is 12.6. The van der Waals surface area contributed by atoms with E-state index in [1.165, 1.54) is 11.8 Å². The lowest BCUT2D eigenvalue weighted by Gasteiger charge is -2.09. The third-order valence-corrected chi connectivity index (χ3v) is 6.54. The van der Waals surface area contributed by atoms with Crippen LogP contribution < -0.4 is 10.6 Å². The Bertz CT molecular complexity index is 1380. The molecule has 0 bridgehead atoms. The number of carbonyl (C=O) groups excluding carboxylic acids is 2. The van der Waals surface area contributed by atoms with Gasteiger partial charge < -0.3 is 15.2 Å². The molecule has 0 spiro atoms. The van der Waals surface area contributed by atoms with Gasteiger partial charge in [-0.05, 0) is 56.7 Å². The van der Waals surface area contributed by atoms with Crippen LogP contribution in [0.5, 0.6) is 0 Å². The van der Waals surface area contributed by atoms with Crippen LogP contribution in [0.15, 0.2) is 71.9 Å². The molecule has 8 heteroatoms. The number of hydrogen-bond donors (Lipinski definition) is 2. The summed E-state index contributed by atoms with van der Waals surface area (Å²) in [5, 5.41) is 15.1. The van der Waals surface area contributed by atoms with Gasteiger partial charge in [0.2, 0.25) is 5.91 Å². The Balaban J connectivity index is 1.41. The van der Waals surface area contributed by atoms with E-state index in [0.717, 1.165) is 27.9 Å². The molecule has 4 rings (SSSR count). The molecule has 0 atom stereocenters. The van der Waals surface area contributed by atoms with Crippen LogP contribution in [0.3, 0.4) is 0 Å². The molecule has 0 fully saturated rings. The van der Waals surface area contributed by atoms with E-state index in [4.69, 9.17) is 0 Å². The summed E-state index contributed by atoms with van der Waals surface area (Å²) in [6.45, 7) is 5.98. The third kappa shape index (κ3) is 5.96. The van der Waals surface area contributed by atoms with Gasteiger partial charge in [0.05, 0.1) is 5.75 Å². The molecule has 0 aliphatic carbocycles. The summed E-state index contributed by atoms with van der Waals surface area (Å²) in [5.41, 5.74) is 6.16. The van der Waals surface area contributed by atoms with E-state index >= 15 is 0 Å². The molecule has 1 heterocycles. The van der Waals surface area contributed by atoms with Crippen molar-refractivity contribution in [2.24, 2.45) is 7.05 Å². The zero-order valence-corrected chi connectivity index (χ0v) is 20.9. The van der Waals surface area contributed by atoms with Crippen LogP contribution in [0.4, 0.5) is 11.4 Å². The number of benzene rings is 3. The second-order valence-corrected chi connectivity index (χ2v) is 9.36. The van der Waals surface area contributed by atoms with Crippen LogP contribution in [-0.2, 0) is 11.8 Å². The highest BCUT2D eigenvalue weighted by molar-refractivity contribution is 7.99. The smallest absolute Gasteiger partial charge is 0.255 e. The summed E-state index contributed by atoms with van der Waals surface area (Å²) in [5.74, 6) is 0.582. The van der Waals surface area contributed by atoms with Crippen molar-refractivity contribution in [3.63, 3.8) is 0 Å². The van der Waals surface area contributed by atoms with Crippen molar-refractivity contribution in [3.05, 3.63) is 89.0 Å². The predicted octanol–water partition coefficient (Wildman–Crippen LogP) is 5.39. The lowest BCUT2D eigenvalue weighted by molar-refractivity contribution is -0.113. The minimum Gasteiger partial charge on any atom is -0.325 e. The van der Waals surface area contributed by atoms with Gasteiger partial charge in [0.15, 0.2) is 11.0 Å². The molecule has 1 aromatic heterocycles. The monoisotopic (exact) mass is 485 g/mol. The summed E-state index contributed by atoms with van der Waals surface area (Å²) in [6, 6.07) is 20.8. The molecule has 3 aromatic carbocycles. The first-order chi connectivity index (χ1) is 16.8. The number of thioether (sulfide) groups is 1. The van der Waals surface area contributed by atoms with E-state index in [2.05, 4.69) is 20.8 Å². The Morgan fingerprint density at radius 3 is 2.37 bits per heavy atom. The van der Waals surface area contributed by atoms with Gasteiger partial charge in [-0.25, -0.2) is 0 Å². The summed E-state index contributed by atoms with van der Waals surface area (Å²) in [7, 11) is 1.86. The molecule has 178 valence electrons. The number of rotatable bonds is 7. The van der Waals surface area contributed by atoms with E-state index in [1.807, 2.05) is 87.0 Å². The van der Waals surface area contributed by atoms with Crippen molar-refractivity contribution in [2.45, 2.75) is 25.9 Å². The number of amides is 2. The summed E-state index contributed by atoms with van der Waals surface area (Å²) in [6.07, 6.45) is 0. The maximum Gasteiger partial charge on any atom is 0.255 e. The minimum absolute atomic E-state index is 0.104. The second kappa shape index (κ2) is 10.6. The maximum absolute atomic E-state index is 12.6. The first-order valence-electron chi connectivity index (χ1n) is 11.2. The molecular formula is C27H27N5O2S. The van der Waals surface area contributed by atoms with Crippen molar-refractivity contribution in [1.82, 2.24) is 14.8 Å². The molecule has 0 saturated carbocycles. The van der Waals surface area contributed by atoms with E-state index in [9.17, 15) is 9.59 Å². The van der Waals surface area contributed by atoms with Crippen LogP contribution in [0, 0.1) is 20.8 Å². The van der Waals surface area contributed by atoms with E-state index in [-0.39, 0.29) is 17.6 Å². The largest absolute Gasteiger partial charge is 0.325 e. The second-order valence-electron chi connectivity index (χ2n) is 8.42. The number of aromatic nitrogens is 3. The van der Waals surface area contributed by atoms with Crippen molar-refractivity contribution in [1.29, 1.82) is 0 Å². The molecule has 4 aromatic rings. The topological polar surface area (TPSA) is 88.9 Å². The first-order valence-corrected chi connectivity index (χ1v) is 12.2. The van der Waals surface area contributed by atoms with Crippen molar-refractivity contribution in [2.75, 3.05) is 16.4 Å². The van der Waals surface area contributed by atoms with Gasteiger partial charge >= 0.3 is 0 Å². The van der Waals surface area contributed by atoms with Crippen LogP contribution in [0.25, 0.3) is 11.4 Å². The van der Waals surface area contributed by atoms with Gasteiger partial charge in [0, 0.05) is 29.5 Å². The highest BCUT2D eigenvalue weighted by Gasteiger charge is 2.15. The van der Waals surface area contributed by atoms with Gasteiger partial charge in [0.25, 0.3) is 5.91 Å². The van der Waals surface area contributed by atoms with E-state index < -0.39 is 0 Å². The number of nitrogens with zero attached hydrogens (tertiary/aromatic N) is 3. The Hall–Kier alpha value is -3.91. The molecule has 0 aliphatic heterocycles. The first kappa shape index (κ1) is 24.2. The van der Waals surface area contributed by atoms with Crippen LogP contribution >= 0.6 is 11.8 Å². The minimum atomic E-state index is -0.175. The molecule has 0 saturated heterocycles. The van der Waals surface area contributed by atoms with Gasteiger partial charge in [-0.3, -0.25) is 9.59 Å². The van der Waals surface area contributed by atoms with Gasteiger partial charge in [-0.15, -0.1) is 10.2 Å².